The molecule has 0 bridgehead atoms. The second kappa shape index (κ2) is 1.50. The molecule has 3 heteroatoms. The zero-order chi connectivity index (χ0) is 6.20. The third kappa shape index (κ3) is 1.02. The fourth-order valence-electron chi connectivity index (χ4n) is 0.737. The van der Waals surface area contributed by atoms with E-state index in [4.69, 9.17) is 0 Å². The molecule has 1 aliphatic heterocycles. The first kappa shape index (κ1) is 5.66. The Labute approximate surface area is 46.4 Å². The molecule has 0 spiro atoms. The van der Waals surface area contributed by atoms with Gasteiger partial charge in [-0.05, 0) is 6.92 Å². The Morgan fingerprint density at radius 3 is 2.38 bits per heavy atom. The number of halogens is 2. The maximum absolute atomic E-state index is 12.1. The van der Waals surface area contributed by atoms with Crippen LogP contribution < -0.4 is 0 Å². The van der Waals surface area contributed by atoms with Crippen molar-refractivity contribution in [2.75, 3.05) is 6.54 Å². The molecule has 0 amide bonds. The zero-order valence-corrected chi connectivity index (χ0v) is 4.62. The summed E-state index contributed by atoms with van der Waals surface area (Å²) >= 11 is 0. The monoisotopic (exact) mass is 119 g/mol. The van der Waals surface area contributed by atoms with Gasteiger partial charge in [0.1, 0.15) is 6.54 Å². The number of hydrogen-bond donors (Lipinski definition) is 0. The molecule has 0 aromatic rings. The zero-order valence-electron chi connectivity index (χ0n) is 4.62. The summed E-state index contributed by atoms with van der Waals surface area (Å²) in [5, 5.41) is 0. The molecular formula is C5H7F2N. The molecule has 0 unspecified atom stereocenters. The average molecular weight is 119 g/mol. The van der Waals surface area contributed by atoms with Crippen molar-refractivity contribution >= 4 is 5.71 Å². The second-order valence-corrected chi connectivity index (χ2v) is 2.08. The van der Waals surface area contributed by atoms with Crippen molar-refractivity contribution in [2.45, 2.75) is 19.3 Å². The smallest absolute Gasteiger partial charge is 0.272 e. The Balaban J connectivity index is 2.55. The van der Waals surface area contributed by atoms with Gasteiger partial charge in [-0.25, -0.2) is 8.78 Å². The molecule has 0 saturated heterocycles. The van der Waals surface area contributed by atoms with Crippen LogP contribution in [0.2, 0.25) is 0 Å². The average Bonchev–Trinajstić information content (AvgIpc) is 1.82. The molecule has 1 rings (SSSR count). The Kier molecular flexibility index (Phi) is 1.06. The van der Waals surface area contributed by atoms with Crippen LogP contribution in [0.3, 0.4) is 0 Å². The van der Waals surface area contributed by atoms with Crippen molar-refractivity contribution in [3.05, 3.63) is 0 Å². The van der Waals surface area contributed by atoms with Crippen LogP contribution in [0.15, 0.2) is 4.99 Å². The Morgan fingerprint density at radius 1 is 1.62 bits per heavy atom. The normalized spacial score (nSPS) is 25.6. The first-order chi connectivity index (χ1) is 3.60. The molecule has 1 aliphatic rings. The highest BCUT2D eigenvalue weighted by Crippen LogP contribution is 2.24. The van der Waals surface area contributed by atoms with Gasteiger partial charge in [0.25, 0.3) is 5.92 Å². The van der Waals surface area contributed by atoms with Gasteiger partial charge in [0.15, 0.2) is 0 Å². The molecule has 0 fully saturated rings. The van der Waals surface area contributed by atoms with Gasteiger partial charge in [-0.1, -0.05) is 0 Å². The van der Waals surface area contributed by atoms with E-state index in [1.807, 2.05) is 0 Å². The van der Waals surface area contributed by atoms with Gasteiger partial charge in [-0.15, -0.1) is 0 Å². The van der Waals surface area contributed by atoms with Crippen molar-refractivity contribution in [3.63, 3.8) is 0 Å². The van der Waals surface area contributed by atoms with E-state index in [1.165, 1.54) is 0 Å². The van der Waals surface area contributed by atoms with Gasteiger partial charge in [0, 0.05) is 5.71 Å². The minimum Gasteiger partial charge on any atom is -0.288 e. The fourth-order valence-corrected chi connectivity index (χ4v) is 0.737. The molecule has 0 N–H and O–H groups in total. The summed E-state index contributed by atoms with van der Waals surface area (Å²) in [4.78, 5) is 3.56. The minimum atomic E-state index is -2.54. The predicted octanol–water partition coefficient (Wildman–Crippen LogP) is 1.49. The van der Waals surface area contributed by atoms with E-state index < -0.39 is 5.92 Å². The molecule has 46 valence electrons. The summed E-state index contributed by atoms with van der Waals surface area (Å²) in [5.74, 6) is -2.54. The maximum atomic E-state index is 12.1. The number of rotatable bonds is 0. The first-order valence-electron chi connectivity index (χ1n) is 2.48. The summed E-state index contributed by atoms with van der Waals surface area (Å²) in [6.45, 7) is 1.32. The van der Waals surface area contributed by atoms with Crippen molar-refractivity contribution in [1.29, 1.82) is 0 Å². The second-order valence-electron chi connectivity index (χ2n) is 2.08. The van der Waals surface area contributed by atoms with E-state index in [-0.39, 0.29) is 13.0 Å². The van der Waals surface area contributed by atoms with Crippen molar-refractivity contribution in [2.24, 2.45) is 4.99 Å². The van der Waals surface area contributed by atoms with E-state index in [0.717, 1.165) is 0 Å². The van der Waals surface area contributed by atoms with Gasteiger partial charge in [-0.2, -0.15) is 0 Å². The fraction of sp³-hybridized carbons (Fsp3) is 0.800. The molecule has 0 aromatic carbocycles. The SMILES string of the molecule is CC1=NCC(F)(F)C1. The summed E-state index contributed by atoms with van der Waals surface area (Å²) in [7, 11) is 0. The van der Waals surface area contributed by atoms with Crippen LogP contribution in [-0.2, 0) is 0 Å². The highest BCUT2D eigenvalue weighted by molar-refractivity contribution is 5.84. The van der Waals surface area contributed by atoms with Crippen molar-refractivity contribution in [1.82, 2.24) is 0 Å². The van der Waals surface area contributed by atoms with Crippen LogP contribution in [0.1, 0.15) is 13.3 Å². The van der Waals surface area contributed by atoms with E-state index in [1.54, 1.807) is 6.92 Å². The van der Waals surface area contributed by atoms with Crippen LogP contribution >= 0.6 is 0 Å². The van der Waals surface area contributed by atoms with Crippen LogP contribution in [0, 0.1) is 0 Å². The molecule has 1 nitrogen and oxygen atoms in total. The maximum Gasteiger partial charge on any atom is 0.272 e. The summed E-state index contributed by atoms with van der Waals surface area (Å²) in [6.07, 6.45) is -0.146. The van der Waals surface area contributed by atoms with Crippen LogP contribution in [0.25, 0.3) is 0 Å². The molecule has 0 aliphatic carbocycles. The third-order valence-electron chi connectivity index (χ3n) is 1.09. The summed E-state index contributed by atoms with van der Waals surface area (Å²) in [6, 6.07) is 0. The van der Waals surface area contributed by atoms with Crippen molar-refractivity contribution in [3.8, 4) is 0 Å². The molecule has 8 heavy (non-hydrogen) atoms. The number of nitrogens with zero attached hydrogens (tertiary/aromatic N) is 1. The largest absolute Gasteiger partial charge is 0.288 e. The van der Waals surface area contributed by atoms with E-state index in [9.17, 15) is 8.78 Å². The first-order valence-corrected chi connectivity index (χ1v) is 2.48. The van der Waals surface area contributed by atoms with Crippen LogP contribution in [0.5, 0.6) is 0 Å². The number of hydrogen-bond acceptors (Lipinski definition) is 1. The highest BCUT2D eigenvalue weighted by atomic mass is 19.3. The lowest BCUT2D eigenvalue weighted by molar-refractivity contribution is 0.0277. The van der Waals surface area contributed by atoms with E-state index in [2.05, 4.69) is 4.99 Å². The molecule has 0 atom stereocenters. The lowest BCUT2D eigenvalue weighted by Crippen LogP contribution is -2.15. The van der Waals surface area contributed by atoms with Crippen LogP contribution in [-0.4, -0.2) is 18.2 Å². The minimum absolute atomic E-state index is 0.146. The van der Waals surface area contributed by atoms with Crippen molar-refractivity contribution < 1.29 is 8.78 Å². The van der Waals surface area contributed by atoms with Crippen LogP contribution in [0.4, 0.5) is 8.78 Å². The van der Waals surface area contributed by atoms with Gasteiger partial charge in [-0.3, -0.25) is 4.99 Å². The Bertz CT molecular complexity index is 128. The van der Waals surface area contributed by atoms with Gasteiger partial charge >= 0.3 is 0 Å². The standard InChI is InChI=1S/C5H7F2N/c1-4-2-5(6,7)3-8-4/h2-3H2,1H3. The third-order valence-corrected chi connectivity index (χ3v) is 1.09. The predicted molar refractivity (Wildman–Crippen MR) is 27.5 cm³/mol. The molecular weight excluding hydrogens is 112 g/mol. The Morgan fingerprint density at radius 2 is 2.25 bits per heavy atom. The summed E-state index contributed by atoms with van der Waals surface area (Å²) < 4.78 is 24.2. The lowest BCUT2D eigenvalue weighted by atomic mass is 10.2. The van der Waals surface area contributed by atoms with E-state index >= 15 is 0 Å². The van der Waals surface area contributed by atoms with Gasteiger partial charge < -0.3 is 0 Å². The van der Waals surface area contributed by atoms with Gasteiger partial charge in [0.2, 0.25) is 0 Å². The molecule has 0 radical (unpaired) electrons. The molecule has 1 heterocycles. The molecule has 0 aromatic heterocycles. The quantitative estimate of drug-likeness (QED) is 0.458. The number of aliphatic imine (C=N–C) groups is 1. The lowest BCUT2D eigenvalue weighted by Gasteiger charge is -2.02. The summed E-state index contributed by atoms with van der Waals surface area (Å²) in [5.41, 5.74) is 0.565. The highest BCUT2D eigenvalue weighted by Gasteiger charge is 2.33. The number of alkyl halides is 2. The molecule has 0 saturated carbocycles. The van der Waals surface area contributed by atoms with Gasteiger partial charge in [0.05, 0.1) is 6.42 Å². The Hall–Kier alpha value is -0.470. The topological polar surface area (TPSA) is 12.4 Å². The van der Waals surface area contributed by atoms with E-state index in [0.29, 0.717) is 5.71 Å².